The molecule has 0 radical (unpaired) electrons. The number of nitrogens with zero attached hydrogens (tertiary/aromatic N) is 3. The van der Waals surface area contributed by atoms with E-state index >= 15 is 0 Å². The average molecular weight is 326 g/mol. The third kappa shape index (κ3) is 4.78. The number of carbonyl (C=O) groups excluding carboxylic acids is 1. The van der Waals surface area contributed by atoms with E-state index in [0.29, 0.717) is 11.5 Å². The first kappa shape index (κ1) is 17.9. The summed E-state index contributed by atoms with van der Waals surface area (Å²) in [5.74, 6) is 0.594. The fraction of sp³-hybridized carbons (Fsp3) is 0.421. The zero-order valence-corrected chi connectivity index (χ0v) is 14.7. The Kier molecular flexibility index (Phi) is 6.73. The van der Waals surface area contributed by atoms with E-state index in [1.165, 1.54) is 11.9 Å². The average Bonchev–Trinajstić information content (AvgIpc) is 2.62. The first-order valence-corrected chi connectivity index (χ1v) is 8.65. The molecule has 0 aliphatic heterocycles. The number of nitrogens with one attached hydrogen (secondary N) is 1. The van der Waals surface area contributed by atoms with Crippen LogP contribution in [0.3, 0.4) is 0 Å². The summed E-state index contributed by atoms with van der Waals surface area (Å²) in [6.45, 7) is 7.77. The minimum atomic E-state index is -0.0366. The second-order valence-corrected chi connectivity index (χ2v) is 5.76. The molecule has 1 heterocycles. The lowest BCUT2D eigenvalue weighted by Crippen LogP contribution is -2.33. The molecule has 1 N–H and O–H groups in total. The molecule has 1 amide bonds. The highest BCUT2D eigenvalue weighted by atomic mass is 16.2. The Morgan fingerprint density at radius 2 is 1.71 bits per heavy atom. The molecule has 0 unspecified atom stereocenters. The van der Waals surface area contributed by atoms with E-state index in [9.17, 15) is 4.79 Å². The Hall–Kier alpha value is -2.43. The van der Waals surface area contributed by atoms with Crippen molar-refractivity contribution < 1.29 is 4.79 Å². The van der Waals surface area contributed by atoms with Crippen LogP contribution in [0.4, 0.5) is 11.5 Å². The fourth-order valence-corrected chi connectivity index (χ4v) is 2.53. The van der Waals surface area contributed by atoms with Crippen LogP contribution in [-0.4, -0.2) is 33.9 Å². The van der Waals surface area contributed by atoms with Gasteiger partial charge in [0.2, 0.25) is 0 Å². The Morgan fingerprint density at radius 3 is 2.29 bits per heavy atom. The SMILES string of the molecule is CCCN(CCC)C(=O)c1cc(Nc2ccc(CC)cc2)ncn1. The molecule has 1 aromatic carbocycles. The summed E-state index contributed by atoms with van der Waals surface area (Å²) in [5, 5.41) is 3.23. The van der Waals surface area contributed by atoms with Gasteiger partial charge in [-0.15, -0.1) is 0 Å². The maximum Gasteiger partial charge on any atom is 0.272 e. The van der Waals surface area contributed by atoms with Crippen LogP contribution in [0.15, 0.2) is 36.7 Å². The molecule has 2 rings (SSSR count). The van der Waals surface area contributed by atoms with Crippen molar-refractivity contribution in [3.05, 3.63) is 47.9 Å². The fourth-order valence-electron chi connectivity index (χ4n) is 2.53. The van der Waals surface area contributed by atoms with E-state index in [0.717, 1.165) is 38.0 Å². The lowest BCUT2D eigenvalue weighted by Gasteiger charge is -2.21. The van der Waals surface area contributed by atoms with Crippen molar-refractivity contribution in [2.45, 2.75) is 40.0 Å². The van der Waals surface area contributed by atoms with Crippen molar-refractivity contribution >= 4 is 17.4 Å². The summed E-state index contributed by atoms with van der Waals surface area (Å²) in [4.78, 5) is 22.8. The van der Waals surface area contributed by atoms with Gasteiger partial charge in [-0.05, 0) is 37.0 Å². The zero-order valence-electron chi connectivity index (χ0n) is 14.7. The highest BCUT2D eigenvalue weighted by Gasteiger charge is 2.16. The molecule has 0 atom stereocenters. The van der Waals surface area contributed by atoms with Crippen LogP contribution in [-0.2, 0) is 6.42 Å². The van der Waals surface area contributed by atoms with Crippen LogP contribution in [0, 0.1) is 0 Å². The van der Waals surface area contributed by atoms with Gasteiger partial charge >= 0.3 is 0 Å². The molecule has 2 aromatic rings. The number of anilines is 2. The number of hydrogen-bond donors (Lipinski definition) is 1. The van der Waals surface area contributed by atoms with Gasteiger partial charge in [0.25, 0.3) is 5.91 Å². The van der Waals surface area contributed by atoms with Crippen molar-refractivity contribution in [1.29, 1.82) is 0 Å². The minimum absolute atomic E-state index is 0.0366. The quantitative estimate of drug-likeness (QED) is 0.795. The predicted molar refractivity (Wildman–Crippen MR) is 97.6 cm³/mol. The summed E-state index contributed by atoms with van der Waals surface area (Å²) in [5.41, 5.74) is 2.66. The molecule has 5 nitrogen and oxygen atoms in total. The van der Waals surface area contributed by atoms with E-state index in [1.54, 1.807) is 6.07 Å². The normalized spacial score (nSPS) is 10.5. The summed E-state index contributed by atoms with van der Waals surface area (Å²) < 4.78 is 0. The summed E-state index contributed by atoms with van der Waals surface area (Å²) in [6, 6.07) is 9.92. The van der Waals surface area contributed by atoms with Gasteiger partial charge in [0.15, 0.2) is 0 Å². The molecule has 24 heavy (non-hydrogen) atoms. The first-order chi connectivity index (χ1) is 11.7. The summed E-state index contributed by atoms with van der Waals surface area (Å²) in [6.07, 6.45) is 4.32. The topological polar surface area (TPSA) is 58.1 Å². The van der Waals surface area contributed by atoms with Gasteiger partial charge in [0.1, 0.15) is 17.8 Å². The van der Waals surface area contributed by atoms with Crippen LogP contribution in [0.25, 0.3) is 0 Å². The molecule has 0 fully saturated rings. The van der Waals surface area contributed by atoms with E-state index in [1.807, 2.05) is 17.0 Å². The van der Waals surface area contributed by atoms with Gasteiger partial charge < -0.3 is 10.2 Å². The van der Waals surface area contributed by atoms with Crippen LogP contribution in [0.1, 0.15) is 49.7 Å². The second-order valence-electron chi connectivity index (χ2n) is 5.76. The molecule has 128 valence electrons. The molecular weight excluding hydrogens is 300 g/mol. The number of amides is 1. The van der Waals surface area contributed by atoms with Crippen LogP contribution < -0.4 is 5.32 Å². The van der Waals surface area contributed by atoms with Gasteiger partial charge in [-0.2, -0.15) is 0 Å². The first-order valence-electron chi connectivity index (χ1n) is 8.65. The molecule has 0 saturated heterocycles. The molecule has 1 aromatic heterocycles. The molecule has 0 aliphatic rings. The van der Waals surface area contributed by atoms with E-state index in [2.05, 4.69) is 48.2 Å². The Labute approximate surface area is 144 Å². The summed E-state index contributed by atoms with van der Waals surface area (Å²) in [7, 11) is 0. The zero-order chi connectivity index (χ0) is 17.4. The molecule has 0 aliphatic carbocycles. The third-order valence-electron chi connectivity index (χ3n) is 3.80. The van der Waals surface area contributed by atoms with Crippen molar-refractivity contribution in [3.8, 4) is 0 Å². The van der Waals surface area contributed by atoms with Crippen molar-refractivity contribution in [1.82, 2.24) is 14.9 Å². The van der Waals surface area contributed by atoms with Crippen LogP contribution >= 0.6 is 0 Å². The monoisotopic (exact) mass is 326 g/mol. The number of hydrogen-bond acceptors (Lipinski definition) is 4. The van der Waals surface area contributed by atoms with Crippen molar-refractivity contribution in [2.24, 2.45) is 0 Å². The molecule has 0 saturated carbocycles. The number of aryl methyl sites for hydroxylation is 1. The van der Waals surface area contributed by atoms with Gasteiger partial charge in [-0.1, -0.05) is 32.9 Å². The lowest BCUT2D eigenvalue weighted by molar-refractivity contribution is 0.0749. The van der Waals surface area contributed by atoms with Crippen molar-refractivity contribution in [3.63, 3.8) is 0 Å². The van der Waals surface area contributed by atoms with Crippen molar-refractivity contribution in [2.75, 3.05) is 18.4 Å². The number of rotatable bonds is 8. The van der Waals surface area contributed by atoms with E-state index in [-0.39, 0.29) is 5.91 Å². The Bertz CT molecular complexity index is 649. The van der Waals surface area contributed by atoms with Gasteiger partial charge in [0.05, 0.1) is 0 Å². The number of carbonyl (C=O) groups is 1. The highest BCUT2D eigenvalue weighted by molar-refractivity contribution is 5.93. The third-order valence-corrected chi connectivity index (χ3v) is 3.80. The Morgan fingerprint density at radius 1 is 1.04 bits per heavy atom. The highest BCUT2D eigenvalue weighted by Crippen LogP contribution is 2.16. The number of benzene rings is 1. The maximum absolute atomic E-state index is 12.6. The van der Waals surface area contributed by atoms with Gasteiger partial charge in [0, 0.05) is 24.8 Å². The van der Waals surface area contributed by atoms with E-state index < -0.39 is 0 Å². The number of aromatic nitrogens is 2. The largest absolute Gasteiger partial charge is 0.340 e. The van der Waals surface area contributed by atoms with Crippen LogP contribution in [0.2, 0.25) is 0 Å². The van der Waals surface area contributed by atoms with E-state index in [4.69, 9.17) is 0 Å². The molecular formula is C19H26N4O. The second kappa shape index (κ2) is 9.01. The maximum atomic E-state index is 12.6. The smallest absolute Gasteiger partial charge is 0.272 e. The van der Waals surface area contributed by atoms with Crippen LogP contribution in [0.5, 0.6) is 0 Å². The predicted octanol–water partition coefficient (Wildman–Crippen LogP) is 4.04. The van der Waals surface area contributed by atoms with Gasteiger partial charge in [-0.3, -0.25) is 4.79 Å². The lowest BCUT2D eigenvalue weighted by atomic mass is 10.1. The Balaban J connectivity index is 2.13. The standard InChI is InChI=1S/C19H26N4O/c1-4-11-23(12-5-2)19(24)17-13-18(21-14-20-17)22-16-9-7-15(6-3)8-10-16/h7-10,13-14H,4-6,11-12H2,1-3H3,(H,20,21,22). The molecule has 0 spiro atoms. The summed E-state index contributed by atoms with van der Waals surface area (Å²) >= 11 is 0. The minimum Gasteiger partial charge on any atom is -0.340 e. The van der Waals surface area contributed by atoms with Gasteiger partial charge in [-0.25, -0.2) is 9.97 Å². The molecule has 5 heteroatoms. The molecule has 0 bridgehead atoms.